The lowest BCUT2D eigenvalue weighted by atomic mass is 9.78. The molecule has 1 aromatic heterocycles. The molecule has 1 aromatic rings. The third-order valence-corrected chi connectivity index (χ3v) is 3.50. The van der Waals surface area contributed by atoms with Crippen LogP contribution in [0.4, 0.5) is 0 Å². The Morgan fingerprint density at radius 1 is 1.58 bits per heavy atom. The van der Waals surface area contributed by atoms with E-state index < -0.39 is 0 Å². The summed E-state index contributed by atoms with van der Waals surface area (Å²) in [5.41, 5.74) is 1.91. The van der Waals surface area contributed by atoms with Crippen molar-refractivity contribution in [2.45, 2.75) is 25.2 Å². The summed E-state index contributed by atoms with van der Waals surface area (Å²) in [4.78, 5) is 0. The molecule has 0 bridgehead atoms. The number of hydrogen-bond acceptors (Lipinski definition) is 2. The molecular weight excluding hydrogens is 166 g/mol. The standard InChI is InChI=1S/C10H15NS/c1-10(4-2-5-11-8-10)9-3-6-12-7-9/h3,6-7,11H,2,4-5,8H2,1H3. The zero-order valence-corrected chi connectivity index (χ0v) is 8.29. The molecule has 0 aliphatic carbocycles. The maximum Gasteiger partial charge on any atom is 0.00582 e. The largest absolute Gasteiger partial charge is 0.316 e. The lowest BCUT2D eigenvalue weighted by Gasteiger charge is -2.33. The van der Waals surface area contributed by atoms with Gasteiger partial charge in [0.05, 0.1) is 0 Å². The van der Waals surface area contributed by atoms with Gasteiger partial charge in [0.25, 0.3) is 0 Å². The predicted molar refractivity (Wildman–Crippen MR) is 53.8 cm³/mol. The van der Waals surface area contributed by atoms with Crippen molar-refractivity contribution in [2.75, 3.05) is 13.1 Å². The molecule has 1 nitrogen and oxygen atoms in total. The third-order valence-electron chi connectivity index (χ3n) is 2.82. The quantitative estimate of drug-likeness (QED) is 0.701. The van der Waals surface area contributed by atoms with E-state index in [1.807, 2.05) is 0 Å². The second-order valence-electron chi connectivity index (χ2n) is 3.85. The summed E-state index contributed by atoms with van der Waals surface area (Å²) in [6.45, 7) is 4.70. The molecule has 0 aromatic carbocycles. The van der Waals surface area contributed by atoms with Gasteiger partial charge >= 0.3 is 0 Å². The van der Waals surface area contributed by atoms with Crippen molar-refractivity contribution in [2.24, 2.45) is 0 Å². The molecule has 2 heterocycles. The van der Waals surface area contributed by atoms with Crippen LogP contribution >= 0.6 is 11.3 Å². The predicted octanol–water partition coefficient (Wildman–Crippen LogP) is 2.39. The van der Waals surface area contributed by atoms with Gasteiger partial charge in [-0.15, -0.1) is 0 Å². The summed E-state index contributed by atoms with van der Waals surface area (Å²) < 4.78 is 0. The second-order valence-corrected chi connectivity index (χ2v) is 4.63. The van der Waals surface area contributed by atoms with Crippen LogP contribution in [0.1, 0.15) is 25.3 Å². The summed E-state index contributed by atoms with van der Waals surface area (Å²) in [5.74, 6) is 0. The zero-order chi connectivity index (χ0) is 8.44. The van der Waals surface area contributed by atoms with Gasteiger partial charge in [0, 0.05) is 12.0 Å². The highest BCUT2D eigenvalue weighted by Gasteiger charge is 2.28. The summed E-state index contributed by atoms with van der Waals surface area (Å²) >= 11 is 1.80. The van der Waals surface area contributed by atoms with Crippen LogP contribution in [0.5, 0.6) is 0 Å². The monoisotopic (exact) mass is 181 g/mol. The lowest BCUT2D eigenvalue weighted by molar-refractivity contribution is 0.340. The first-order valence-electron chi connectivity index (χ1n) is 4.55. The molecule has 12 heavy (non-hydrogen) atoms. The van der Waals surface area contributed by atoms with E-state index in [1.165, 1.54) is 24.9 Å². The van der Waals surface area contributed by atoms with Gasteiger partial charge in [-0.05, 0) is 41.8 Å². The molecule has 0 saturated carbocycles. The van der Waals surface area contributed by atoms with Crippen LogP contribution in [0.3, 0.4) is 0 Å². The van der Waals surface area contributed by atoms with Crippen molar-refractivity contribution >= 4 is 11.3 Å². The molecule has 2 heteroatoms. The Morgan fingerprint density at radius 3 is 3.08 bits per heavy atom. The van der Waals surface area contributed by atoms with Gasteiger partial charge in [-0.25, -0.2) is 0 Å². The van der Waals surface area contributed by atoms with Crippen molar-refractivity contribution < 1.29 is 0 Å². The fourth-order valence-corrected chi connectivity index (χ4v) is 2.72. The molecule has 2 rings (SSSR count). The molecule has 0 radical (unpaired) electrons. The van der Waals surface area contributed by atoms with E-state index in [2.05, 4.69) is 29.1 Å². The van der Waals surface area contributed by atoms with Crippen molar-refractivity contribution in [1.29, 1.82) is 0 Å². The van der Waals surface area contributed by atoms with Crippen LogP contribution in [-0.4, -0.2) is 13.1 Å². The van der Waals surface area contributed by atoms with Gasteiger partial charge in [-0.1, -0.05) is 6.92 Å². The van der Waals surface area contributed by atoms with E-state index >= 15 is 0 Å². The Bertz CT molecular complexity index is 234. The maximum absolute atomic E-state index is 3.47. The SMILES string of the molecule is CC1(c2ccsc2)CCCNC1. The maximum atomic E-state index is 3.47. The number of rotatable bonds is 1. The summed E-state index contributed by atoms with van der Waals surface area (Å²) in [5, 5.41) is 7.93. The first kappa shape index (κ1) is 8.27. The van der Waals surface area contributed by atoms with E-state index in [9.17, 15) is 0 Å². The third kappa shape index (κ3) is 1.41. The lowest BCUT2D eigenvalue weighted by Crippen LogP contribution is -2.40. The number of thiophene rings is 1. The minimum atomic E-state index is 0.401. The molecule has 1 aliphatic heterocycles. The summed E-state index contributed by atoms with van der Waals surface area (Å²) in [7, 11) is 0. The Morgan fingerprint density at radius 2 is 2.50 bits per heavy atom. The van der Waals surface area contributed by atoms with Crippen molar-refractivity contribution in [3.8, 4) is 0 Å². The smallest absolute Gasteiger partial charge is 0.00582 e. The molecule has 1 unspecified atom stereocenters. The fraction of sp³-hybridized carbons (Fsp3) is 0.600. The Hall–Kier alpha value is -0.340. The molecule has 0 amide bonds. The van der Waals surface area contributed by atoms with Gasteiger partial charge in [-0.3, -0.25) is 0 Å². The minimum absolute atomic E-state index is 0.401. The Balaban J connectivity index is 2.19. The Labute approximate surface area is 77.8 Å². The van der Waals surface area contributed by atoms with E-state index in [1.54, 1.807) is 11.3 Å². The van der Waals surface area contributed by atoms with Crippen LogP contribution in [-0.2, 0) is 5.41 Å². The molecule has 1 fully saturated rings. The van der Waals surface area contributed by atoms with E-state index in [0.717, 1.165) is 6.54 Å². The van der Waals surface area contributed by atoms with E-state index in [0.29, 0.717) is 5.41 Å². The van der Waals surface area contributed by atoms with Crippen LogP contribution in [0.25, 0.3) is 0 Å². The van der Waals surface area contributed by atoms with E-state index in [-0.39, 0.29) is 0 Å². The van der Waals surface area contributed by atoms with Gasteiger partial charge < -0.3 is 5.32 Å². The summed E-state index contributed by atoms with van der Waals surface area (Å²) in [6, 6.07) is 2.26. The van der Waals surface area contributed by atoms with Crippen LogP contribution < -0.4 is 5.32 Å². The first-order chi connectivity index (χ1) is 5.81. The normalized spacial score (nSPS) is 30.4. The highest BCUT2D eigenvalue weighted by atomic mass is 32.1. The molecule has 1 aliphatic rings. The van der Waals surface area contributed by atoms with Crippen LogP contribution in [0, 0.1) is 0 Å². The van der Waals surface area contributed by atoms with Gasteiger partial charge in [0.15, 0.2) is 0 Å². The van der Waals surface area contributed by atoms with Gasteiger partial charge in [0.1, 0.15) is 0 Å². The minimum Gasteiger partial charge on any atom is -0.316 e. The average molecular weight is 181 g/mol. The number of nitrogens with one attached hydrogen (secondary N) is 1. The van der Waals surface area contributed by atoms with Crippen molar-refractivity contribution in [1.82, 2.24) is 5.32 Å². The molecule has 0 spiro atoms. The molecular formula is C10H15NS. The molecule has 1 atom stereocenters. The number of piperidine rings is 1. The van der Waals surface area contributed by atoms with E-state index in [4.69, 9.17) is 0 Å². The summed E-state index contributed by atoms with van der Waals surface area (Å²) in [6.07, 6.45) is 2.64. The Kier molecular flexibility index (Phi) is 2.20. The average Bonchev–Trinajstić information content (AvgIpc) is 2.58. The molecule has 1 saturated heterocycles. The van der Waals surface area contributed by atoms with Crippen molar-refractivity contribution in [3.05, 3.63) is 22.4 Å². The number of hydrogen-bond donors (Lipinski definition) is 1. The van der Waals surface area contributed by atoms with Gasteiger partial charge in [-0.2, -0.15) is 11.3 Å². The first-order valence-corrected chi connectivity index (χ1v) is 5.49. The van der Waals surface area contributed by atoms with Crippen molar-refractivity contribution in [3.63, 3.8) is 0 Å². The second kappa shape index (κ2) is 3.19. The fourth-order valence-electron chi connectivity index (χ4n) is 1.91. The zero-order valence-electron chi connectivity index (χ0n) is 7.47. The van der Waals surface area contributed by atoms with Crippen LogP contribution in [0.15, 0.2) is 16.8 Å². The highest BCUT2D eigenvalue weighted by molar-refractivity contribution is 7.08. The molecule has 1 N–H and O–H groups in total. The van der Waals surface area contributed by atoms with Gasteiger partial charge in [0.2, 0.25) is 0 Å². The topological polar surface area (TPSA) is 12.0 Å². The van der Waals surface area contributed by atoms with Crippen LogP contribution in [0.2, 0.25) is 0 Å². The highest BCUT2D eigenvalue weighted by Crippen LogP contribution is 2.31. The molecule has 66 valence electrons.